The zero-order valence-electron chi connectivity index (χ0n) is 13.0. The van der Waals surface area contributed by atoms with Gasteiger partial charge < -0.3 is 19.2 Å². The van der Waals surface area contributed by atoms with Crippen LogP contribution in [0.25, 0.3) is 0 Å². The molecule has 0 radical (unpaired) electrons. The summed E-state index contributed by atoms with van der Waals surface area (Å²) in [6, 6.07) is 11.7. The highest BCUT2D eigenvalue weighted by atomic mass is 16.5. The molecule has 3 rings (SSSR count). The average molecular weight is 315 g/mol. The lowest BCUT2D eigenvalue weighted by Crippen LogP contribution is -2.33. The maximum Gasteiger partial charge on any atom is 0.249 e. The van der Waals surface area contributed by atoms with E-state index in [1.54, 1.807) is 6.26 Å². The summed E-state index contributed by atoms with van der Waals surface area (Å²) in [7, 11) is 0. The molecule has 1 saturated heterocycles. The topological polar surface area (TPSA) is 60.7 Å². The lowest BCUT2D eigenvalue weighted by atomic mass is 10.1. The Morgan fingerprint density at radius 2 is 2.13 bits per heavy atom. The molecule has 0 saturated carbocycles. The summed E-state index contributed by atoms with van der Waals surface area (Å²) in [4.78, 5) is 11.9. The monoisotopic (exact) mass is 315 g/mol. The van der Waals surface area contributed by atoms with Crippen LogP contribution in [0.2, 0.25) is 0 Å². The smallest absolute Gasteiger partial charge is 0.249 e. The Kier molecular flexibility index (Phi) is 5.45. The fourth-order valence-electron chi connectivity index (χ4n) is 2.58. The molecular formula is C18H21NO4. The Morgan fingerprint density at radius 1 is 1.22 bits per heavy atom. The van der Waals surface area contributed by atoms with E-state index in [0.29, 0.717) is 26.4 Å². The molecule has 1 aromatic heterocycles. The van der Waals surface area contributed by atoms with Crippen LogP contribution in [0.1, 0.15) is 29.7 Å². The van der Waals surface area contributed by atoms with Crippen molar-refractivity contribution in [3.63, 3.8) is 0 Å². The van der Waals surface area contributed by atoms with E-state index >= 15 is 0 Å². The van der Waals surface area contributed by atoms with Gasteiger partial charge in [-0.15, -0.1) is 0 Å². The predicted molar refractivity (Wildman–Crippen MR) is 84.5 cm³/mol. The second kappa shape index (κ2) is 7.94. The van der Waals surface area contributed by atoms with Crippen molar-refractivity contribution in [1.82, 2.24) is 5.32 Å². The van der Waals surface area contributed by atoms with Gasteiger partial charge in [0.05, 0.1) is 12.9 Å². The number of benzene rings is 1. The fraction of sp³-hybridized carbons (Fsp3) is 0.389. The third-order valence-corrected chi connectivity index (χ3v) is 3.77. The first kappa shape index (κ1) is 15.8. The van der Waals surface area contributed by atoms with Gasteiger partial charge in [-0.05, 0) is 36.1 Å². The molecule has 122 valence electrons. The molecule has 5 nitrogen and oxygen atoms in total. The summed E-state index contributed by atoms with van der Waals surface area (Å²) in [5.41, 5.74) is 2.12. The first-order chi connectivity index (χ1) is 11.3. The molecule has 0 bridgehead atoms. The summed E-state index contributed by atoms with van der Waals surface area (Å²) in [6.07, 6.45) is 3.12. The van der Waals surface area contributed by atoms with Crippen molar-refractivity contribution >= 4 is 5.91 Å². The molecule has 1 aromatic carbocycles. The first-order valence-corrected chi connectivity index (χ1v) is 7.88. The second-order valence-electron chi connectivity index (χ2n) is 5.61. The fourth-order valence-corrected chi connectivity index (χ4v) is 2.58. The molecule has 1 aliphatic rings. The van der Waals surface area contributed by atoms with Crippen molar-refractivity contribution in [3.8, 4) is 0 Å². The van der Waals surface area contributed by atoms with Gasteiger partial charge in [0.1, 0.15) is 18.5 Å². The van der Waals surface area contributed by atoms with Crippen molar-refractivity contribution < 1.29 is 18.7 Å². The summed E-state index contributed by atoms with van der Waals surface area (Å²) in [5.74, 6) is 0.784. The number of rotatable bonds is 7. The Labute approximate surface area is 135 Å². The highest BCUT2D eigenvalue weighted by Gasteiger charge is 2.22. The lowest BCUT2D eigenvalue weighted by molar-refractivity contribution is -0.130. The molecule has 0 aliphatic carbocycles. The van der Waals surface area contributed by atoms with Gasteiger partial charge in [0.25, 0.3) is 0 Å². The number of nitrogens with one attached hydrogen (secondary N) is 1. The first-order valence-electron chi connectivity index (χ1n) is 7.88. The highest BCUT2D eigenvalue weighted by molar-refractivity contribution is 5.80. The molecule has 1 unspecified atom stereocenters. The van der Waals surface area contributed by atoms with E-state index in [-0.39, 0.29) is 12.0 Å². The number of carbonyl (C=O) groups is 1. The van der Waals surface area contributed by atoms with E-state index in [0.717, 1.165) is 29.7 Å². The van der Waals surface area contributed by atoms with Gasteiger partial charge in [-0.2, -0.15) is 0 Å². The highest BCUT2D eigenvalue weighted by Crippen LogP contribution is 2.13. The van der Waals surface area contributed by atoms with Crippen LogP contribution in [0.5, 0.6) is 0 Å². The lowest BCUT2D eigenvalue weighted by Gasteiger charge is -2.11. The maximum absolute atomic E-state index is 11.9. The van der Waals surface area contributed by atoms with E-state index in [2.05, 4.69) is 5.32 Å². The van der Waals surface area contributed by atoms with Crippen LogP contribution in [0.15, 0.2) is 47.1 Å². The predicted octanol–water partition coefficient (Wildman–Crippen LogP) is 2.79. The van der Waals surface area contributed by atoms with Gasteiger partial charge in [0, 0.05) is 13.2 Å². The quantitative estimate of drug-likeness (QED) is 0.853. The van der Waals surface area contributed by atoms with Crippen LogP contribution in [-0.4, -0.2) is 18.6 Å². The summed E-state index contributed by atoms with van der Waals surface area (Å²) in [5, 5.41) is 2.93. The van der Waals surface area contributed by atoms with Crippen LogP contribution in [0, 0.1) is 0 Å². The second-order valence-corrected chi connectivity index (χ2v) is 5.61. The van der Waals surface area contributed by atoms with E-state index in [9.17, 15) is 4.79 Å². The van der Waals surface area contributed by atoms with Gasteiger partial charge in [0.2, 0.25) is 5.91 Å². The minimum Gasteiger partial charge on any atom is -0.467 e. The third-order valence-electron chi connectivity index (χ3n) is 3.77. The summed E-state index contributed by atoms with van der Waals surface area (Å²) in [6.45, 7) is 2.15. The molecular weight excluding hydrogens is 294 g/mol. The summed E-state index contributed by atoms with van der Waals surface area (Å²) >= 11 is 0. The molecule has 1 atom stereocenters. The minimum absolute atomic E-state index is 0.0260. The number of furan rings is 1. The van der Waals surface area contributed by atoms with E-state index in [4.69, 9.17) is 13.9 Å². The molecule has 5 heteroatoms. The number of ether oxygens (including phenoxy) is 2. The maximum atomic E-state index is 11.9. The molecule has 2 aromatic rings. The molecule has 1 aliphatic heterocycles. The van der Waals surface area contributed by atoms with Crippen LogP contribution in [0.3, 0.4) is 0 Å². The van der Waals surface area contributed by atoms with Gasteiger partial charge >= 0.3 is 0 Å². The van der Waals surface area contributed by atoms with Crippen molar-refractivity contribution in [2.24, 2.45) is 0 Å². The van der Waals surface area contributed by atoms with E-state index in [1.165, 1.54) is 0 Å². The Morgan fingerprint density at radius 3 is 2.91 bits per heavy atom. The van der Waals surface area contributed by atoms with Crippen molar-refractivity contribution in [2.45, 2.75) is 38.7 Å². The van der Waals surface area contributed by atoms with Crippen molar-refractivity contribution in [3.05, 3.63) is 59.5 Å². The summed E-state index contributed by atoms with van der Waals surface area (Å²) < 4.78 is 16.2. The number of hydrogen-bond acceptors (Lipinski definition) is 4. The van der Waals surface area contributed by atoms with Gasteiger partial charge in [-0.1, -0.05) is 24.3 Å². The standard InChI is InChI=1S/C18H21NO4/c20-18(17-7-3-9-23-17)19-11-14-4-1-5-15(10-14)12-21-13-16-6-2-8-22-16/h1-2,4-6,8,10,17H,3,7,9,11-13H2,(H,19,20). The molecule has 0 spiro atoms. The number of carbonyl (C=O) groups excluding carboxylic acids is 1. The van der Waals surface area contributed by atoms with Crippen LogP contribution in [-0.2, 0) is 34.0 Å². The third kappa shape index (κ3) is 4.68. The van der Waals surface area contributed by atoms with Crippen molar-refractivity contribution in [1.29, 1.82) is 0 Å². The van der Waals surface area contributed by atoms with Gasteiger partial charge in [-0.25, -0.2) is 0 Å². The Hall–Kier alpha value is -2.11. The average Bonchev–Trinajstić information content (AvgIpc) is 3.26. The number of hydrogen-bond donors (Lipinski definition) is 1. The zero-order chi connectivity index (χ0) is 15.9. The Balaban J connectivity index is 1.45. The van der Waals surface area contributed by atoms with Gasteiger partial charge in [-0.3, -0.25) is 4.79 Å². The largest absolute Gasteiger partial charge is 0.467 e. The minimum atomic E-state index is -0.283. The molecule has 1 fully saturated rings. The normalized spacial score (nSPS) is 17.3. The molecule has 1 amide bonds. The number of amides is 1. The van der Waals surface area contributed by atoms with Crippen LogP contribution >= 0.6 is 0 Å². The van der Waals surface area contributed by atoms with Crippen LogP contribution in [0.4, 0.5) is 0 Å². The SMILES string of the molecule is O=C(NCc1cccc(COCc2ccco2)c1)C1CCCO1. The van der Waals surface area contributed by atoms with Crippen LogP contribution < -0.4 is 5.32 Å². The molecule has 23 heavy (non-hydrogen) atoms. The molecule has 1 N–H and O–H groups in total. The van der Waals surface area contributed by atoms with E-state index < -0.39 is 0 Å². The molecule has 2 heterocycles. The van der Waals surface area contributed by atoms with Crippen molar-refractivity contribution in [2.75, 3.05) is 6.61 Å². The zero-order valence-corrected chi connectivity index (χ0v) is 13.0. The van der Waals surface area contributed by atoms with Gasteiger partial charge in [0.15, 0.2) is 0 Å². The Bertz CT molecular complexity index is 618. The van der Waals surface area contributed by atoms with E-state index in [1.807, 2.05) is 36.4 Å².